The number of hydrogen-bond acceptors (Lipinski definition) is 6. The third kappa shape index (κ3) is 3.20. The van der Waals surface area contributed by atoms with Crippen LogP contribution in [-0.2, 0) is 10.0 Å². The SMILES string of the molecule is NNc1ncc(S(=O)(=O)Nc2c(F)cc(F)cc2F)cn1. The molecule has 0 saturated heterocycles. The molecule has 0 aliphatic heterocycles. The van der Waals surface area contributed by atoms with Crippen LogP contribution in [0.25, 0.3) is 0 Å². The number of hydrogen-bond donors (Lipinski definition) is 3. The van der Waals surface area contributed by atoms with Gasteiger partial charge in [-0.15, -0.1) is 0 Å². The number of halogens is 3. The molecule has 0 fully saturated rings. The van der Waals surface area contributed by atoms with E-state index >= 15 is 0 Å². The lowest BCUT2D eigenvalue weighted by Crippen LogP contribution is -2.17. The Hall–Kier alpha value is -2.40. The lowest BCUT2D eigenvalue weighted by atomic mass is 10.3. The fraction of sp³-hybridized carbons (Fsp3) is 0. The minimum atomic E-state index is -4.34. The second kappa shape index (κ2) is 5.54. The molecule has 1 heterocycles. The molecule has 112 valence electrons. The second-order valence-electron chi connectivity index (χ2n) is 3.74. The number of nitrogens with two attached hydrogens (primary N) is 1. The molecule has 0 bridgehead atoms. The van der Waals surface area contributed by atoms with Gasteiger partial charge in [0.1, 0.15) is 16.4 Å². The van der Waals surface area contributed by atoms with Crippen LogP contribution in [0.5, 0.6) is 0 Å². The Balaban J connectivity index is 2.37. The summed E-state index contributed by atoms with van der Waals surface area (Å²) in [5, 5.41) is 0. The lowest BCUT2D eigenvalue weighted by molar-refractivity contribution is 0.547. The van der Waals surface area contributed by atoms with Crippen molar-refractivity contribution in [1.29, 1.82) is 0 Å². The van der Waals surface area contributed by atoms with Gasteiger partial charge < -0.3 is 0 Å². The van der Waals surface area contributed by atoms with Gasteiger partial charge in [-0.1, -0.05) is 0 Å². The summed E-state index contributed by atoms with van der Waals surface area (Å²) in [6.07, 6.45) is 1.76. The third-order valence-electron chi connectivity index (χ3n) is 2.31. The highest BCUT2D eigenvalue weighted by Crippen LogP contribution is 2.23. The molecular weight excluding hydrogens is 311 g/mol. The quantitative estimate of drug-likeness (QED) is 0.572. The van der Waals surface area contributed by atoms with Crippen molar-refractivity contribution in [3.05, 3.63) is 42.0 Å². The van der Waals surface area contributed by atoms with Crippen LogP contribution in [0.15, 0.2) is 29.4 Å². The van der Waals surface area contributed by atoms with E-state index in [1.165, 1.54) is 0 Å². The molecule has 1 aromatic carbocycles. The number of nitrogens with zero attached hydrogens (tertiary/aromatic N) is 2. The Bertz CT molecular complexity index is 744. The fourth-order valence-electron chi connectivity index (χ4n) is 1.36. The predicted molar refractivity (Wildman–Crippen MR) is 67.0 cm³/mol. The van der Waals surface area contributed by atoms with Crippen molar-refractivity contribution in [2.75, 3.05) is 10.1 Å². The van der Waals surface area contributed by atoms with Crippen molar-refractivity contribution in [2.24, 2.45) is 5.84 Å². The topological polar surface area (TPSA) is 110 Å². The van der Waals surface area contributed by atoms with E-state index in [-0.39, 0.29) is 5.95 Å². The van der Waals surface area contributed by atoms with E-state index < -0.39 is 38.1 Å². The van der Waals surface area contributed by atoms with Gasteiger partial charge in [-0.2, -0.15) is 0 Å². The Morgan fingerprint density at radius 2 is 1.57 bits per heavy atom. The van der Waals surface area contributed by atoms with Crippen molar-refractivity contribution < 1.29 is 21.6 Å². The lowest BCUT2D eigenvalue weighted by Gasteiger charge is -2.09. The van der Waals surface area contributed by atoms with Crippen molar-refractivity contribution in [3.8, 4) is 0 Å². The Morgan fingerprint density at radius 1 is 1.05 bits per heavy atom. The molecule has 0 aliphatic rings. The molecule has 0 unspecified atom stereocenters. The zero-order chi connectivity index (χ0) is 15.6. The molecule has 2 rings (SSSR count). The van der Waals surface area contributed by atoms with Gasteiger partial charge in [-0.3, -0.25) is 10.1 Å². The van der Waals surface area contributed by atoms with Crippen LogP contribution in [0, 0.1) is 17.5 Å². The average Bonchev–Trinajstić information content (AvgIpc) is 2.43. The Labute approximate surface area is 117 Å². The highest BCUT2D eigenvalue weighted by atomic mass is 32.2. The molecule has 4 N–H and O–H groups in total. The maximum absolute atomic E-state index is 13.4. The van der Waals surface area contributed by atoms with Crippen LogP contribution in [0.1, 0.15) is 0 Å². The van der Waals surface area contributed by atoms with Gasteiger partial charge in [0.2, 0.25) is 5.95 Å². The van der Waals surface area contributed by atoms with E-state index in [4.69, 9.17) is 5.84 Å². The Morgan fingerprint density at radius 3 is 2.05 bits per heavy atom. The van der Waals surface area contributed by atoms with Crippen molar-refractivity contribution in [1.82, 2.24) is 9.97 Å². The molecule has 0 atom stereocenters. The standard InChI is InChI=1S/C10H8F3N5O2S/c11-5-1-7(12)9(8(13)2-5)18-21(19,20)6-3-15-10(17-14)16-4-6/h1-4,18H,14H2,(H,15,16,17). The number of benzene rings is 1. The van der Waals surface area contributed by atoms with Crippen LogP contribution < -0.4 is 16.0 Å². The number of nitrogens with one attached hydrogen (secondary N) is 2. The molecule has 2 aromatic rings. The Kier molecular flexibility index (Phi) is 3.95. The van der Waals surface area contributed by atoms with Crippen LogP contribution >= 0.6 is 0 Å². The molecule has 11 heteroatoms. The van der Waals surface area contributed by atoms with Crippen molar-refractivity contribution >= 4 is 21.7 Å². The fourth-order valence-corrected chi connectivity index (χ4v) is 2.33. The molecule has 0 saturated carbocycles. The first-order valence-corrected chi connectivity index (χ1v) is 6.78. The summed E-state index contributed by atoms with van der Waals surface area (Å²) in [6, 6.07) is 0.692. The summed E-state index contributed by atoms with van der Waals surface area (Å²) in [4.78, 5) is 6.65. The van der Waals surface area contributed by atoms with Crippen LogP contribution in [-0.4, -0.2) is 18.4 Å². The van der Waals surface area contributed by atoms with Crippen molar-refractivity contribution in [3.63, 3.8) is 0 Å². The smallest absolute Gasteiger partial charge is 0.265 e. The van der Waals surface area contributed by atoms with Gasteiger partial charge in [0.15, 0.2) is 11.6 Å². The van der Waals surface area contributed by atoms with E-state index in [0.717, 1.165) is 12.4 Å². The van der Waals surface area contributed by atoms with Crippen LogP contribution in [0.4, 0.5) is 24.8 Å². The maximum atomic E-state index is 13.4. The van der Waals surface area contributed by atoms with E-state index in [2.05, 4.69) is 15.4 Å². The number of nitrogen functional groups attached to an aromatic ring is 1. The largest absolute Gasteiger partial charge is 0.292 e. The molecule has 1 aromatic heterocycles. The minimum Gasteiger partial charge on any atom is -0.292 e. The van der Waals surface area contributed by atoms with Crippen molar-refractivity contribution in [2.45, 2.75) is 4.90 Å². The summed E-state index contributed by atoms with van der Waals surface area (Å²) in [5.74, 6) is 1.01. The van der Waals surface area contributed by atoms with Gasteiger partial charge in [-0.25, -0.2) is 37.4 Å². The van der Waals surface area contributed by atoms with Gasteiger partial charge >= 0.3 is 0 Å². The summed E-state index contributed by atoms with van der Waals surface area (Å²) in [6.45, 7) is 0. The highest BCUT2D eigenvalue weighted by molar-refractivity contribution is 7.92. The average molecular weight is 319 g/mol. The third-order valence-corrected chi connectivity index (χ3v) is 3.62. The summed E-state index contributed by atoms with van der Waals surface area (Å²) in [5.41, 5.74) is 1.08. The molecule has 21 heavy (non-hydrogen) atoms. The molecular formula is C10H8F3N5O2S. The first-order valence-electron chi connectivity index (χ1n) is 5.29. The number of hydrazine groups is 1. The van der Waals surface area contributed by atoms with Crippen LogP contribution in [0.3, 0.4) is 0 Å². The molecule has 0 radical (unpaired) electrons. The summed E-state index contributed by atoms with van der Waals surface area (Å²) < 4.78 is 65.1. The number of anilines is 2. The van der Waals surface area contributed by atoms with Gasteiger partial charge in [0, 0.05) is 12.1 Å². The monoisotopic (exact) mass is 319 g/mol. The van der Waals surface area contributed by atoms with E-state index in [1.807, 2.05) is 0 Å². The van der Waals surface area contributed by atoms with E-state index in [1.54, 1.807) is 4.72 Å². The number of aromatic nitrogens is 2. The summed E-state index contributed by atoms with van der Waals surface area (Å²) in [7, 11) is -4.34. The zero-order valence-corrected chi connectivity index (χ0v) is 11.0. The zero-order valence-electron chi connectivity index (χ0n) is 10.1. The van der Waals surface area contributed by atoms with Gasteiger partial charge in [-0.05, 0) is 0 Å². The second-order valence-corrected chi connectivity index (χ2v) is 5.42. The number of sulfonamides is 1. The van der Waals surface area contributed by atoms with E-state index in [9.17, 15) is 21.6 Å². The van der Waals surface area contributed by atoms with E-state index in [0.29, 0.717) is 12.1 Å². The summed E-state index contributed by atoms with van der Waals surface area (Å²) >= 11 is 0. The molecule has 0 amide bonds. The number of rotatable bonds is 4. The van der Waals surface area contributed by atoms with Gasteiger partial charge in [0.25, 0.3) is 10.0 Å². The maximum Gasteiger partial charge on any atom is 0.265 e. The molecule has 0 aliphatic carbocycles. The normalized spacial score (nSPS) is 11.2. The highest BCUT2D eigenvalue weighted by Gasteiger charge is 2.21. The first-order chi connectivity index (χ1) is 9.83. The predicted octanol–water partition coefficient (Wildman–Crippen LogP) is 0.980. The van der Waals surface area contributed by atoms with Gasteiger partial charge in [0.05, 0.1) is 12.4 Å². The molecule has 7 nitrogen and oxygen atoms in total. The first kappa shape index (κ1) is 15.0. The van der Waals surface area contributed by atoms with Crippen LogP contribution in [0.2, 0.25) is 0 Å². The minimum absolute atomic E-state index is 0.0481. The molecule has 0 spiro atoms.